The molecule has 1 aliphatic heterocycles. The van der Waals surface area contributed by atoms with E-state index in [1.807, 2.05) is 0 Å². The number of amides is 1. The molecule has 9 unspecified atom stereocenters. The Labute approximate surface area is 404 Å². The van der Waals surface area contributed by atoms with Gasteiger partial charge in [-0.25, -0.2) is 0 Å². The number of hydrogen-bond donors (Lipinski definition) is 8. The SMILES string of the molecule is CCCCCCCCCC/C=C/CCCC(O)C(O)C(COC1OC(CO)C(O)C(O)C1O)NC(=O)C(O)CCCCCCCCCCCC/C=C\CCCCCCCCCCCCCC. The van der Waals surface area contributed by atoms with Gasteiger partial charge in [-0.3, -0.25) is 4.79 Å². The fourth-order valence-electron chi connectivity index (χ4n) is 8.91. The Morgan fingerprint density at radius 2 is 0.894 bits per heavy atom. The average molecular weight is 940 g/mol. The van der Waals surface area contributed by atoms with Gasteiger partial charge in [0, 0.05) is 0 Å². The third-order valence-corrected chi connectivity index (χ3v) is 13.5. The van der Waals surface area contributed by atoms with Crippen molar-refractivity contribution in [2.75, 3.05) is 13.2 Å². The van der Waals surface area contributed by atoms with E-state index in [4.69, 9.17) is 9.47 Å². The molecule has 0 radical (unpaired) electrons. The minimum Gasteiger partial charge on any atom is -0.394 e. The summed E-state index contributed by atoms with van der Waals surface area (Å²) in [5, 5.41) is 75.9. The second-order valence-electron chi connectivity index (χ2n) is 19.6. The van der Waals surface area contributed by atoms with Gasteiger partial charge in [0.25, 0.3) is 0 Å². The highest BCUT2D eigenvalue weighted by Gasteiger charge is 2.44. The van der Waals surface area contributed by atoms with Crippen LogP contribution in [0.2, 0.25) is 0 Å². The van der Waals surface area contributed by atoms with Crippen LogP contribution in [0.3, 0.4) is 0 Å². The molecule has 11 nitrogen and oxygen atoms in total. The third-order valence-electron chi connectivity index (χ3n) is 13.5. The van der Waals surface area contributed by atoms with Crippen LogP contribution in [0, 0.1) is 0 Å². The van der Waals surface area contributed by atoms with Crippen LogP contribution in [-0.4, -0.2) is 110 Å². The van der Waals surface area contributed by atoms with E-state index in [9.17, 15) is 40.5 Å². The topological polar surface area (TPSA) is 189 Å². The number of hydrogen-bond acceptors (Lipinski definition) is 10. The van der Waals surface area contributed by atoms with Crippen LogP contribution in [-0.2, 0) is 14.3 Å². The molecular formula is C55H105NO10. The number of allylic oxidation sites excluding steroid dienone is 4. The maximum Gasteiger partial charge on any atom is 0.249 e. The molecule has 9 atom stereocenters. The predicted molar refractivity (Wildman–Crippen MR) is 270 cm³/mol. The van der Waals surface area contributed by atoms with E-state index in [1.165, 1.54) is 173 Å². The maximum atomic E-state index is 13.1. The first-order valence-electron chi connectivity index (χ1n) is 27.7. The van der Waals surface area contributed by atoms with Crippen molar-refractivity contribution in [2.45, 2.75) is 306 Å². The van der Waals surface area contributed by atoms with E-state index >= 15 is 0 Å². The van der Waals surface area contributed by atoms with E-state index in [-0.39, 0.29) is 12.8 Å². The minimum atomic E-state index is -1.67. The Hall–Kier alpha value is -1.41. The van der Waals surface area contributed by atoms with Crippen LogP contribution in [0.1, 0.15) is 251 Å². The van der Waals surface area contributed by atoms with Crippen molar-refractivity contribution in [3.8, 4) is 0 Å². The number of aliphatic hydroxyl groups is 7. The van der Waals surface area contributed by atoms with Crippen LogP contribution in [0.25, 0.3) is 0 Å². The predicted octanol–water partition coefficient (Wildman–Crippen LogP) is 11.0. The normalized spacial score (nSPS) is 20.9. The lowest BCUT2D eigenvalue weighted by Gasteiger charge is -2.40. The first-order chi connectivity index (χ1) is 32.2. The maximum absolute atomic E-state index is 13.1. The molecule has 1 rings (SSSR count). The highest BCUT2D eigenvalue weighted by atomic mass is 16.7. The zero-order valence-electron chi connectivity index (χ0n) is 42.4. The van der Waals surface area contributed by atoms with Gasteiger partial charge < -0.3 is 50.5 Å². The van der Waals surface area contributed by atoms with Crippen molar-refractivity contribution in [1.82, 2.24) is 5.32 Å². The molecule has 0 saturated carbocycles. The fraction of sp³-hybridized carbons (Fsp3) is 0.909. The highest BCUT2D eigenvalue weighted by Crippen LogP contribution is 2.23. The Kier molecular flexibility index (Phi) is 42.5. The lowest BCUT2D eigenvalue weighted by Crippen LogP contribution is -2.60. The molecule has 66 heavy (non-hydrogen) atoms. The van der Waals surface area contributed by atoms with E-state index in [0.29, 0.717) is 12.8 Å². The zero-order chi connectivity index (χ0) is 48.3. The number of nitrogens with one attached hydrogen (secondary N) is 1. The molecule has 0 aromatic carbocycles. The molecule has 11 heteroatoms. The van der Waals surface area contributed by atoms with Crippen molar-refractivity contribution in [2.24, 2.45) is 0 Å². The summed E-state index contributed by atoms with van der Waals surface area (Å²) in [7, 11) is 0. The van der Waals surface area contributed by atoms with Crippen LogP contribution in [0.4, 0.5) is 0 Å². The van der Waals surface area contributed by atoms with Gasteiger partial charge in [-0.2, -0.15) is 0 Å². The third kappa shape index (κ3) is 33.2. The summed E-state index contributed by atoms with van der Waals surface area (Å²) in [5.41, 5.74) is 0. The van der Waals surface area contributed by atoms with E-state index in [1.54, 1.807) is 0 Å². The molecule has 8 N–H and O–H groups in total. The lowest BCUT2D eigenvalue weighted by molar-refractivity contribution is -0.303. The quantitative estimate of drug-likeness (QED) is 0.0215. The summed E-state index contributed by atoms with van der Waals surface area (Å²) in [6.45, 7) is 3.44. The molecule has 1 aliphatic rings. The molecule has 0 aromatic rings. The van der Waals surface area contributed by atoms with Gasteiger partial charge in [-0.05, 0) is 64.2 Å². The second kappa shape index (κ2) is 44.8. The van der Waals surface area contributed by atoms with Crippen LogP contribution in [0.15, 0.2) is 24.3 Å². The summed E-state index contributed by atoms with van der Waals surface area (Å²) in [6, 6.07) is -1.18. The zero-order valence-corrected chi connectivity index (χ0v) is 42.4. The molecule has 0 spiro atoms. The number of aliphatic hydroxyl groups excluding tert-OH is 7. The van der Waals surface area contributed by atoms with E-state index in [2.05, 4.69) is 43.5 Å². The molecule has 0 bridgehead atoms. The Morgan fingerprint density at radius 1 is 0.515 bits per heavy atom. The summed E-state index contributed by atoms with van der Waals surface area (Å²) in [6.07, 6.45) is 41.0. The lowest BCUT2D eigenvalue weighted by atomic mass is 9.98. The van der Waals surface area contributed by atoms with Crippen molar-refractivity contribution < 1.29 is 50.0 Å². The molecule has 1 heterocycles. The molecule has 390 valence electrons. The van der Waals surface area contributed by atoms with Crippen molar-refractivity contribution in [3.63, 3.8) is 0 Å². The Balaban J connectivity index is 2.29. The minimum absolute atomic E-state index is 0.254. The molecule has 1 fully saturated rings. The second-order valence-corrected chi connectivity index (χ2v) is 19.6. The van der Waals surface area contributed by atoms with Gasteiger partial charge >= 0.3 is 0 Å². The number of unbranched alkanes of at least 4 members (excludes halogenated alkanes) is 31. The summed E-state index contributed by atoms with van der Waals surface area (Å²) in [5.74, 6) is -0.706. The van der Waals surface area contributed by atoms with Gasteiger partial charge in [0.05, 0.1) is 25.4 Å². The van der Waals surface area contributed by atoms with Crippen molar-refractivity contribution in [1.29, 1.82) is 0 Å². The van der Waals surface area contributed by atoms with Gasteiger partial charge in [0.2, 0.25) is 5.91 Å². The summed E-state index contributed by atoms with van der Waals surface area (Å²) < 4.78 is 11.1. The van der Waals surface area contributed by atoms with Crippen molar-refractivity contribution >= 4 is 5.91 Å². The number of ether oxygens (including phenoxy) is 2. The Morgan fingerprint density at radius 3 is 1.30 bits per heavy atom. The standard InChI is InChI=1S/C55H105NO10/c1-3-5-7-9-11-13-15-17-18-19-20-21-22-23-24-25-26-27-28-29-31-33-35-37-39-41-43-48(59)54(64)56-46(45-65-55-53(63)52(62)51(61)49(44-57)66-55)50(60)47(58)42-40-38-36-34-32-30-16-14-12-10-8-6-4-2/h23-24,34,36,46-53,55,57-63H,3-22,25-33,35,37-45H2,1-2H3,(H,56,64)/b24-23-,36-34+. The van der Waals surface area contributed by atoms with Crippen LogP contribution < -0.4 is 5.32 Å². The Bertz CT molecular complexity index is 1120. The van der Waals surface area contributed by atoms with Gasteiger partial charge in [0.1, 0.15) is 36.6 Å². The molecule has 1 amide bonds. The molecule has 0 aliphatic carbocycles. The monoisotopic (exact) mass is 940 g/mol. The fourth-order valence-corrected chi connectivity index (χ4v) is 8.91. The first-order valence-corrected chi connectivity index (χ1v) is 27.7. The number of rotatable bonds is 47. The average Bonchev–Trinajstić information content (AvgIpc) is 3.32. The highest BCUT2D eigenvalue weighted by molar-refractivity contribution is 5.80. The van der Waals surface area contributed by atoms with Gasteiger partial charge in [0.15, 0.2) is 6.29 Å². The van der Waals surface area contributed by atoms with E-state index < -0.39 is 74.2 Å². The van der Waals surface area contributed by atoms with Gasteiger partial charge in [-0.1, -0.05) is 212 Å². The molecular weight excluding hydrogens is 835 g/mol. The van der Waals surface area contributed by atoms with E-state index in [0.717, 1.165) is 38.5 Å². The number of carbonyl (C=O) groups excluding carboxylic acids is 1. The summed E-state index contributed by atoms with van der Waals surface area (Å²) in [4.78, 5) is 13.1. The largest absolute Gasteiger partial charge is 0.394 e. The van der Waals surface area contributed by atoms with Crippen molar-refractivity contribution in [3.05, 3.63) is 24.3 Å². The first kappa shape index (κ1) is 62.6. The van der Waals surface area contributed by atoms with Crippen LogP contribution in [0.5, 0.6) is 0 Å². The smallest absolute Gasteiger partial charge is 0.249 e. The van der Waals surface area contributed by atoms with Gasteiger partial charge in [-0.15, -0.1) is 0 Å². The van der Waals surface area contributed by atoms with Crippen LogP contribution >= 0.6 is 0 Å². The summed E-state index contributed by atoms with van der Waals surface area (Å²) >= 11 is 0. The number of carbonyl (C=O) groups is 1. The molecule has 0 aromatic heterocycles. The molecule has 1 saturated heterocycles.